The van der Waals surface area contributed by atoms with E-state index in [1.807, 2.05) is 0 Å². The topological polar surface area (TPSA) is 101 Å². The first-order chi connectivity index (χ1) is 8.97. The minimum Gasteiger partial charge on any atom is -0.508 e. The second-order valence-corrected chi connectivity index (χ2v) is 4.28. The zero-order valence-electron chi connectivity index (χ0n) is 10.7. The zero-order valence-corrected chi connectivity index (χ0v) is 10.7. The van der Waals surface area contributed by atoms with E-state index >= 15 is 0 Å². The van der Waals surface area contributed by atoms with Crippen LogP contribution in [0.1, 0.15) is 35.0 Å². The van der Waals surface area contributed by atoms with Crippen LogP contribution in [0.4, 0.5) is 5.69 Å². The van der Waals surface area contributed by atoms with Crippen LogP contribution in [0.25, 0.3) is 0 Å². The summed E-state index contributed by atoms with van der Waals surface area (Å²) in [6.45, 7) is 3.53. The molecular weight excluding hydrogens is 246 g/mol. The average Bonchev–Trinajstić information content (AvgIpc) is 2.79. The number of nitrogen functional groups attached to an aromatic ring is 1. The predicted molar refractivity (Wildman–Crippen MR) is 69.6 cm³/mol. The van der Waals surface area contributed by atoms with E-state index in [-0.39, 0.29) is 17.4 Å². The summed E-state index contributed by atoms with van der Waals surface area (Å²) in [6, 6.07) is 3.83. The smallest absolute Gasteiger partial charge is 0.254 e. The van der Waals surface area contributed by atoms with Gasteiger partial charge in [0.2, 0.25) is 5.89 Å². The summed E-state index contributed by atoms with van der Waals surface area (Å²) in [7, 11) is 0. The predicted octanol–water partition coefficient (Wildman–Crippen LogP) is 1.76. The third-order valence-corrected chi connectivity index (χ3v) is 2.64. The number of carbonyl (C=O) groups excluding carboxylic acids is 1. The number of rotatable bonds is 3. The van der Waals surface area contributed by atoms with Gasteiger partial charge in [-0.2, -0.15) is 0 Å². The number of benzene rings is 1. The molecule has 1 aromatic heterocycles. The van der Waals surface area contributed by atoms with Crippen molar-refractivity contribution >= 4 is 11.6 Å². The lowest BCUT2D eigenvalue weighted by Gasteiger charge is -2.12. The molecule has 0 spiro atoms. The lowest BCUT2D eigenvalue weighted by molar-refractivity contribution is 0.0934. The second-order valence-electron chi connectivity index (χ2n) is 4.28. The number of amides is 1. The number of anilines is 1. The molecule has 0 radical (unpaired) electrons. The fourth-order valence-corrected chi connectivity index (χ4v) is 1.65. The van der Waals surface area contributed by atoms with E-state index in [9.17, 15) is 9.90 Å². The van der Waals surface area contributed by atoms with Gasteiger partial charge in [0.25, 0.3) is 5.91 Å². The van der Waals surface area contributed by atoms with Gasteiger partial charge in [0, 0.05) is 5.69 Å². The zero-order chi connectivity index (χ0) is 14.0. The van der Waals surface area contributed by atoms with Crippen LogP contribution in [0.5, 0.6) is 5.75 Å². The van der Waals surface area contributed by atoms with Crippen molar-refractivity contribution in [2.45, 2.75) is 19.9 Å². The van der Waals surface area contributed by atoms with Crippen LogP contribution >= 0.6 is 0 Å². The normalized spacial score (nSPS) is 12.1. The Morgan fingerprint density at radius 3 is 2.89 bits per heavy atom. The van der Waals surface area contributed by atoms with E-state index < -0.39 is 5.91 Å². The van der Waals surface area contributed by atoms with Gasteiger partial charge in [-0.05, 0) is 32.0 Å². The SMILES string of the molecule is Cc1cnc(C(C)NC(=O)c2cc(O)ccc2N)o1. The molecule has 6 heteroatoms. The number of hydrogen-bond acceptors (Lipinski definition) is 5. The van der Waals surface area contributed by atoms with Crippen molar-refractivity contribution in [1.29, 1.82) is 0 Å². The van der Waals surface area contributed by atoms with Crippen molar-refractivity contribution in [2.75, 3.05) is 5.73 Å². The molecule has 2 rings (SSSR count). The molecule has 19 heavy (non-hydrogen) atoms. The molecule has 6 nitrogen and oxygen atoms in total. The summed E-state index contributed by atoms with van der Waals surface area (Å²) in [6.07, 6.45) is 1.58. The monoisotopic (exact) mass is 261 g/mol. The van der Waals surface area contributed by atoms with Gasteiger partial charge in [0.1, 0.15) is 17.6 Å². The highest BCUT2D eigenvalue weighted by Gasteiger charge is 2.17. The second kappa shape index (κ2) is 5.01. The van der Waals surface area contributed by atoms with Gasteiger partial charge in [-0.3, -0.25) is 4.79 Å². The Morgan fingerprint density at radius 2 is 2.26 bits per heavy atom. The Kier molecular flexibility index (Phi) is 3.41. The summed E-state index contributed by atoms with van der Waals surface area (Å²) < 4.78 is 5.33. The number of phenolic OH excluding ortho intramolecular Hbond substituents is 1. The number of nitrogens with two attached hydrogens (primary N) is 1. The molecule has 0 saturated heterocycles. The molecule has 1 aromatic carbocycles. The third kappa shape index (κ3) is 2.85. The number of hydrogen-bond donors (Lipinski definition) is 3. The maximum atomic E-state index is 12.0. The van der Waals surface area contributed by atoms with E-state index in [4.69, 9.17) is 10.2 Å². The fraction of sp³-hybridized carbons (Fsp3) is 0.231. The summed E-state index contributed by atoms with van der Waals surface area (Å²) >= 11 is 0. The molecule has 1 unspecified atom stereocenters. The minimum absolute atomic E-state index is 0.0148. The number of aromatic nitrogens is 1. The highest BCUT2D eigenvalue weighted by Crippen LogP contribution is 2.20. The van der Waals surface area contributed by atoms with Gasteiger partial charge in [-0.15, -0.1) is 0 Å². The molecule has 0 aliphatic carbocycles. The minimum atomic E-state index is -0.392. The number of phenols is 1. The van der Waals surface area contributed by atoms with Crippen molar-refractivity contribution in [3.05, 3.63) is 41.6 Å². The summed E-state index contributed by atoms with van der Waals surface area (Å²) in [5, 5.41) is 12.1. The molecule has 2 aromatic rings. The van der Waals surface area contributed by atoms with Gasteiger partial charge < -0.3 is 20.6 Å². The van der Waals surface area contributed by atoms with Crippen molar-refractivity contribution in [1.82, 2.24) is 10.3 Å². The van der Waals surface area contributed by atoms with Gasteiger partial charge in [-0.1, -0.05) is 0 Å². The number of aryl methyl sites for hydroxylation is 1. The molecule has 0 fully saturated rings. The van der Waals surface area contributed by atoms with E-state index in [2.05, 4.69) is 10.3 Å². The summed E-state index contributed by atoms with van der Waals surface area (Å²) in [5.41, 5.74) is 6.21. The maximum Gasteiger partial charge on any atom is 0.254 e. The number of nitrogens with zero attached hydrogens (tertiary/aromatic N) is 1. The third-order valence-electron chi connectivity index (χ3n) is 2.64. The summed E-state index contributed by atoms with van der Waals surface area (Å²) in [5.74, 6) is 0.688. The van der Waals surface area contributed by atoms with Crippen molar-refractivity contribution in [3.8, 4) is 5.75 Å². The maximum absolute atomic E-state index is 12.0. The molecule has 1 atom stereocenters. The number of aromatic hydroxyl groups is 1. The summed E-state index contributed by atoms with van der Waals surface area (Å²) in [4.78, 5) is 16.1. The molecule has 1 heterocycles. The Bertz CT molecular complexity index is 607. The molecular formula is C13H15N3O3. The van der Waals surface area contributed by atoms with E-state index in [0.29, 0.717) is 17.3 Å². The highest BCUT2D eigenvalue weighted by atomic mass is 16.4. The first-order valence-corrected chi connectivity index (χ1v) is 5.79. The van der Waals surface area contributed by atoms with E-state index in [0.717, 1.165) is 0 Å². The van der Waals surface area contributed by atoms with Gasteiger partial charge >= 0.3 is 0 Å². The molecule has 1 amide bonds. The van der Waals surface area contributed by atoms with Gasteiger partial charge in [-0.25, -0.2) is 4.98 Å². The lowest BCUT2D eigenvalue weighted by Crippen LogP contribution is -2.27. The first kappa shape index (κ1) is 12.9. The standard InChI is InChI=1S/C13H15N3O3/c1-7-6-15-13(19-7)8(2)16-12(18)10-5-9(17)3-4-11(10)14/h3-6,8,17H,14H2,1-2H3,(H,16,18). The Labute approximate surface area is 110 Å². The molecule has 0 bridgehead atoms. The molecule has 100 valence electrons. The van der Waals surface area contributed by atoms with Crippen LogP contribution in [-0.4, -0.2) is 16.0 Å². The first-order valence-electron chi connectivity index (χ1n) is 5.79. The molecule has 0 saturated carbocycles. The van der Waals surface area contributed by atoms with Crippen LogP contribution in [0, 0.1) is 6.92 Å². The van der Waals surface area contributed by atoms with Gasteiger partial charge in [0.15, 0.2) is 0 Å². The van der Waals surface area contributed by atoms with Crippen molar-refractivity contribution in [2.24, 2.45) is 0 Å². The average molecular weight is 261 g/mol. The molecule has 4 N–H and O–H groups in total. The Hall–Kier alpha value is -2.50. The molecule has 0 aliphatic rings. The quantitative estimate of drug-likeness (QED) is 0.577. The lowest BCUT2D eigenvalue weighted by atomic mass is 10.1. The Morgan fingerprint density at radius 1 is 1.53 bits per heavy atom. The Balaban J connectivity index is 2.15. The van der Waals surface area contributed by atoms with Crippen LogP contribution in [-0.2, 0) is 0 Å². The van der Waals surface area contributed by atoms with Crippen LogP contribution in [0.3, 0.4) is 0 Å². The van der Waals surface area contributed by atoms with E-state index in [1.54, 1.807) is 20.0 Å². The van der Waals surface area contributed by atoms with Crippen LogP contribution < -0.4 is 11.1 Å². The van der Waals surface area contributed by atoms with Gasteiger partial charge in [0.05, 0.1) is 11.8 Å². The van der Waals surface area contributed by atoms with Crippen LogP contribution in [0.2, 0.25) is 0 Å². The van der Waals surface area contributed by atoms with E-state index in [1.165, 1.54) is 18.2 Å². The van der Waals surface area contributed by atoms with Crippen LogP contribution in [0.15, 0.2) is 28.8 Å². The van der Waals surface area contributed by atoms with Crippen molar-refractivity contribution in [3.63, 3.8) is 0 Å². The van der Waals surface area contributed by atoms with Crippen molar-refractivity contribution < 1.29 is 14.3 Å². The number of carbonyl (C=O) groups is 1. The fourth-order valence-electron chi connectivity index (χ4n) is 1.65. The number of oxazole rings is 1. The molecule has 0 aliphatic heterocycles. The highest BCUT2D eigenvalue weighted by molar-refractivity contribution is 5.99. The number of nitrogens with one attached hydrogen (secondary N) is 1. The largest absolute Gasteiger partial charge is 0.508 e.